The molecule has 0 aliphatic carbocycles. The molecule has 0 saturated heterocycles. The molecule has 0 radical (unpaired) electrons. The summed E-state index contributed by atoms with van der Waals surface area (Å²) >= 11 is 9.86. The number of para-hydroxylation sites is 1. The number of nitrogens with zero attached hydrogens (tertiary/aromatic N) is 3. The summed E-state index contributed by atoms with van der Waals surface area (Å²) in [5, 5.41) is 4.74. The van der Waals surface area contributed by atoms with Crippen LogP contribution in [0.2, 0.25) is 5.02 Å². The van der Waals surface area contributed by atoms with Gasteiger partial charge in [-0.2, -0.15) is 22.9 Å². The zero-order chi connectivity index (χ0) is 26.7. The minimum absolute atomic E-state index is 0.0637. The van der Waals surface area contributed by atoms with Gasteiger partial charge in [0.05, 0.1) is 29.8 Å². The summed E-state index contributed by atoms with van der Waals surface area (Å²) < 4.78 is 52.5. The first-order chi connectivity index (χ1) is 17.7. The third kappa shape index (κ3) is 5.40. The summed E-state index contributed by atoms with van der Waals surface area (Å²) in [7, 11) is 1.44. The van der Waals surface area contributed by atoms with Crippen LogP contribution in [0.3, 0.4) is 0 Å². The number of benzene rings is 3. The lowest BCUT2D eigenvalue weighted by Gasteiger charge is -2.14. The van der Waals surface area contributed by atoms with E-state index >= 15 is 0 Å². The Bertz CT molecular complexity index is 1590. The first-order valence-corrected chi connectivity index (χ1v) is 11.9. The molecule has 0 aliphatic rings. The van der Waals surface area contributed by atoms with Gasteiger partial charge < -0.3 is 9.47 Å². The third-order valence-electron chi connectivity index (χ3n) is 5.24. The number of methoxy groups -OCH3 is 1. The third-order valence-corrected chi connectivity index (χ3v) is 6.68. The van der Waals surface area contributed by atoms with Crippen molar-refractivity contribution in [1.29, 1.82) is 0 Å². The lowest BCUT2D eigenvalue weighted by atomic mass is 10.1. The number of aromatic nitrogens is 2. The van der Waals surface area contributed by atoms with E-state index in [0.29, 0.717) is 21.3 Å². The Hall–Kier alpha value is -3.63. The summed E-state index contributed by atoms with van der Waals surface area (Å²) in [6.45, 7) is 3.79. The lowest BCUT2D eigenvalue weighted by molar-refractivity contribution is -0.137. The van der Waals surface area contributed by atoms with Gasteiger partial charge in [0, 0.05) is 15.6 Å². The van der Waals surface area contributed by atoms with E-state index < -0.39 is 17.3 Å². The van der Waals surface area contributed by atoms with Gasteiger partial charge in [-0.25, -0.2) is 4.98 Å². The molecule has 0 atom stereocenters. The molecule has 0 fully saturated rings. The fourth-order valence-corrected chi connectivity index (χ4v) is 4.15. The van der Waals surface area contributed by atoms with Crippen molar-refractivity contribution in [1.82, 2.24) is 9.66 Å². The van der Waals surface area contributed by atoms with Crippen LogP contribution in [0.1, 0.15) is 11.1 Å². The molecule has 0 amide bonds. The number of halogens is 5. The molecule has 6 nitrogen and oxygen atoms in total. The largest absolute Gasteiger partial charge is 0.493 e. The van der Waals surface area contributed by atoms with Crippen LogP contribution in [-0.4, -0.2) is 29.6 Å². The van der Waals surface area contributed by atoms with Crippen LogP contribution >= 0.6 is 27.5 Å². The van der Waals surface area contributed by atoms with Gasteiger partial charge in [-0.05, 0) is 46.3 Å². The van der Waals surface area contributed by atoms with E-state index in [2.05, 4.69) is 32.6 Å². The van der Waals surface area contributed by atoms with Crippen molar-refractivity contribution in [2.75, 3.05) is 13.7 Å². The zero-order valence-corrected chi connectivity index (χ0v) is 21.6. The topological polar surface area (TPSA) is 65.7 Å². The standard InChI is InChI=1S/C26H18BrClF3N3O3/c1-3-11-37-23-20(36-2)13-16(21(27)22(23)28)14-32-34-24(15-7-6-8-17(12-15)26(29,30)31)33-19-10-5-4-9-18(19)25(34)35/h3-10,12-14H,1,11H2,2H3. The maximum absolute atomic E-state index is 13.4. The van der Waals surface area contributed by atoms with Gasteiger partial charge in [0.15, 0.2) is 17.3 Å². The zero-order valence-electron chi connectivity index (χ0n) is 19.2. The van der Waals surface area contributed by atoms with E-state index in [1.165, 1.54) is 25.5 Å². The van der Waals surface area contributed by atoms with Crippen LogP contribution in [0.25, 0.3) is 22.3 Å². The Morgan fingerprint density at radius 3 is 2.65 bits per heavy atom. The minimum atomic E-state index is -4.57. The SMILES string of the molecule is C=CCOc1c(OC)cc(C=Nn2c(-c3cccc(C(F)(F)F)c3)nc3ccccc3c2=O)c(Br)c1Cl. The molecule has 190 valence electrons. The first kappa shape index (κ1) is 26.4. The van der Waals surface area contributed by atoms with E-state index in [9.17, 15) is 18.0 Å². The summed E-state index contributed by atoms with van der Waals surface area (Å²) in [4.78, 5) is 17.8. The molecule has 4 rings (SSSR count). The average molecular weight is 593 g/mol. The molecule has 1 heterocycles. The molecule has 0 N–H and O–H groups in total. The Morgan fingerprint density at radius 2 is 1.95 bits per heavy atom. The number of hydrogen-bond donors (Lipinski definition) is 0. The second-order valence-electron chi connectivity index (χ2n) is 7.62. The predicted molar refractivity (Wildman–Crippen MR) is 141 cm³/mol. The smallest absolute Gasteiger partial charge is 0.416 e. The second kappa shape index (κ2) is 10.8. The van der Waals surface area contributed by atoms with E-state index in [1.807, 2.05) is 0 Å². The number of ether oxygens (including phenoxy) is 2. The van der Waals surface area contributed by atoms with Crippen molar-refractivity contribution in [3.8, 4) is 22.9 Å². The molecule has 0 spiro atoms. The fourth-order valence-electron chi connectivity index (χ4n) is 3.50. The number of rotatable bonds is 7. The van der Waals surface area contributed by atoms with E-state index in [-0.39, 0.29) is 34.2 Å². The van der Waals surface area contributed by atoms with Crippen LogP contribution in [0.5, 0.6) is 11.5 Å². The summed E-state index contributed by atoms with van der Waals surface area (Å²) in [6.07, 6.45) is -1.70. The maximum atomic E-state index is 13.4. The second-order valence-corrected chi connectivity index (χ2v) is 8.79. The van der Waals surface area contributed by atoms with Gasteiger partial charge in [0.1, 0.15) is 11.6 Å². The molecule has 11 heteroatoms. The van der Waals surface area contributed by atoms with Crippen LogP contribution < -0.4 is 15.0 Å². The van der Waals surface area contributed by atoms with E-state index in [0.717, 1.165) is 16.8 Å². The molecule has 0 unspecified atom stereocenters. The fraction of sp³-hybridized carbons (Fsp3) is 0.115. The van der Waals surface area contributed by atoms with Gasteiger partial charge >= 0.3 is 6.18 Å². The molecule has 0 saturated carbocycles. The number of alkyl halides is 3. The minimum Gasteiger partial charge on any atom is -0.493 e. The van der Waals surface area contributed by atoms with Gasteiger partial charge in [-0.3, -0.25) is 4.79 Å². The molecule has 3 aromatic carbocycles. The van der Waals surface area contributed by atoms with E-state index in [1.54, 1.807) is 36.4 Å². The van der Waals surface area contributed by atoms with Crippen molar-refractivity contribution in [3.05, 3.63) is 98.2 Å². The van der Waals surface area contributed by atoms with Gasteiger partial charge in [-0.1, -0.05) is 48.5 Å². The van der Waals surface area contributed by atoms with Gasteiger partial charge in [-0.15, -0.1) is 0 Å². The van der Waals surface area contributed by atoms with Crippen molar-refractivity contribution in [2.45, 2.75) is 6.18 Å². The Balaban J connectivity index is 1.91. The van der Waals surface area contributed by atoms with Crippen molar-refractivity contribution in [2.24, 2.45) is 5.10 Å². The van der Waals surface area contributed by atoms with Gasteiger partial charge in [0.25, 0.3) is 5.56 Å². The maximum Gasteiger partial charge on any atom is 0.416 e. The van der Waals surface area contributed by atoms with Crippen LogP contribution in [0.4, 0.5) is 13.2 Å². The highest BCUT2D eigenvalue weighted by Crippen LogP contribution is 2.42. The highest BCUT2D eigenvalue weighted by Gasteiger charge is 2.31. The van der Waals surface area contributed by atoms with Crippen LogP contribution in [0.15, 0.2) is 81.6 Å². The quantitative estimate of drug-likeness (QED) is 0.172. The average Bonchev–Trinajstić information content (AvgIpc) is 2.89. The first-order valence-electron chi connectivity index (χ1n) is 10.7. The van der Waals surface area contributed by atoms with Crippen LogP contribution in [0, 0.1) is 0 Å². The highest BCUT2D eigenvalue weighted by molar-refractivity contribution is 9.10. The molecule has 37 heavy (non-hydrogen) atoms. The molecule has 0 aliphatic heterocycles. The summed E-state index contributed by atoms with van der Waals surface area (Å²) in [5.41, 5.74) is -0.631. The monoisotopic (exact) mass is 591 g/mol. The van der Waals surface area contributed by atoms with Crippen molar-refractivity contribution < 1.29 is 22.6 Å². The van der Waals surface area contributed by atoms with E-state index in [4.69, 9.17) is 21.1 Å². The molecular weight excluding hydrogens is 575 g/mol. The Labute approximate surface area is 222 Å². The summed E-state index contributed by atoms with van der Waals surface area (Å²) in [6, 6.07) is 12.6. The Morgan fingerprint density at radius 1 is 1.19 bits per heavy atom. The summed E-state index contributed by atoms with van der Waals surface area (Å²) in [5.74, 6) is 0.520. The molecule has 4 aromatic rings. The lowest BCUT2D eigenvalue weighted by Crippen LogP contribution is -2.20. The number of hydrogen-bond acceptors (Lipinski definition) is 5. The number of fused-ring (bicyclic) bond motifs is 1. The van der Waals surface area contributed by atoms with Gasteiger partial charge in [0.2, 0.25) is 0 Å². The normalized spacial score (nSPS) is 11.7. The predicted octanol–water partition coefficient (Wildman–Crippen LogP) is 6.95. The molecule has 0 bridgehead atoms. The highest BCUT2D eigenvalue weighted by atomic mass is 79.9. The Kier molecular flexibility index (Phi) is 7.70. The van der Waals surface area contributed by atoms with Crippen LogP contribution in [-0.2, 0) is 6.18 Å². The van der Waals surface area contributed by atoms with Crippen molar-refractivity contribution in [3.63, 3.8) is 0 Å². The van der Waals surface area contributed by atoms with Crippen molar-refractivity contribution >= 4 is 44.6 Å². The molecule has 1 aromatic heterocycles. The molecular formula is C26H18BrClF3N3O3.